The van der Waals surface area contributed by atoms with Crippen LogP contribution < -0.4 is 4.90 Å². The Kier molecular flexibility index (Phi) is 5.97. The number of nitrogens with zero attached hydrogens (tertiary/aromatic N) is 4. The van der Waals surface area contributed by atoms with Crippen LogP contribution in [0.25, 0.3) is 10.2 Å². The maximum atomic E-state index is 13.4. The van der Waals surface area contributed by atoms with Crippen molar-refractivity contribution in [2.24, 2.45) is 5.92 Å². The van der Waals surface area contributed by atoms with Gasteiger partial charge in [0.05, 0.1) is 27.1 Å². The van der Waals surface area contributed by atoms with E-state index in [4.69, 9.17) is 0 Å². The molecule has 1 aliphatic heterocycles. The van der Waals surface area contributed by atoms with E-state index in [2.05, 4.69) is 11.1 Å². The lowest BCUT2D eigenvalue weighted by Gasteiger charge is -2.28. The standard InChI is InChI=1S/C22H23FN4O2S2/c1-15-10-18(23)6-5-17(15)14-26(2)22-25-20-8-7-19(11-21(20)30-22)31(28,29)27-9-3-4-16(12-24)13-27/h5-8,10-11,16H,3-4,9,13-14H2,1-2H3. The Bertz CT molecular complexity index is 1270. The Morgan fingerprint density at radius 1 is 1.32 bits per heavy atom. The average Bonchev–Trinajstić information content (AvgIpc) is 3.19. The van der Waals surface area contributed by atoms with Crippen LogP contribution >= 0.6 is 11.3 Å². The SMILES string of the molecule is Cc1cc(F)ccc1CN(C)c1nc2ccc(S(=O)(=O)N3CCCC(C#N)C3)cc2s1. The quantitative estimate of drug-likeness (QED) is 0.570. The normalized spacial score (nSPS) is 17.5. The van der Waals surface area contributed by atoms with E-state index in [0.717, 1.165) is 32.9 Å². The number of fused-ring (bicyclic) bond motifs is 1. The molecule has 1 fully saturated rings. The van der Waals surface area contributed by atoms with Crippen molar-refractivity contribution >= 4 is 36.7 Å². The molecule has 31 heavy (non-hydrogen) atoms. The Morgan fingerprint density at radius 3 is 2.87 bits per heavy atom. The van der Waals surface area contributed by atoms with Crippen LogP contribution in [0.5, 0.6) is 0 Å². The van der Waals surface area contributed by atoms with Crippen LogP contribution in [0.2, 0.25) is 0 Å². The van der Waals surface area contributed by atoms with Gasteiger partial charge in [-0.2, -0.15) is 9.57 Å². The predicted molar refractivity (Wildman–Crippen MR) is 120 cm³/mol. The van der Waals surface area contributed by atoms with Crippen LogP contribution in [-0.4, -0.2) is 37.8 Å². The minimum atomic E-state index is -3.65. The summed E-state index contributed by atoms with van der Waals surface area (Å²) in [5, 5.41) is 9.94. The number of thiazole rings is 1. The number of aromatic nitrogens is 1. The van der Waals surface area contributed by atoms with Gasteiger partial charge in [0, 0.05) is 26.7 Å². The van der Waals surface area contributed by atoms with Gasteiger partial charge in [0.2, 0.25) is 10.0 Å². The smallest absolute Gasteiger partial charge is 0.243 e. The molecule has 9 heteroatoms. The fourth-order valence-corrected chi connectivity index (χ4v) is 6.38. The summed E-state index contributed by atoms with van der Waals surface area (Å²) in [5.41, 5.74) is 2.61. The number of aryl methyl sites for hydroxylation is 1. The minimum Gasteiger partial charge on any atom is -0.347 e. The average molecular weight is 459 g/mol. The van der Waals surface area contributed by atoms with Gasteiger partial charge in [0.15, 0.2) is 5.13 Å². The molecule has 1 unspecified atom stereocenters. The van der Waals surface area contributed by atoms with Gasteiger partial charge in [-0.05, 0) is 61.2 Å². The Balaban J connectivity index is 1.58. The molecule has 162 valence electrons. The number of rotatable bonds is 5. The number of hydrogen-bond acceptors (Lipinski definition) is 6. The lowest BCUT2D eigenvalue weighted by Crippen LogP contribution is -2.39. The number of nitriles is 1. The maximum absolute atomic E-state index is 13.4. The molecule has 2 aromatic carbocycles. The van der Waals surface area contributed by atoms with E-state index in [0.29, 0.717) is 19.5 Å². The maximum Gasteiger partial charge on any atom is 0.243 e. The molecule has 1 aliphatic rings. The van der Waals surface area contributed by atoms with Gasteiger partial charge in [0.25, 0.3) is 0 Å². The number of piperidine rings is 1. The lowest BCUT2D eigenvalue weighted by atomic mass is 10.0. The van der Waals surface area contributed by atoms with Crippen molar-refractivity contribution < 1.29 is 12.8 Å². The van der Waals surface area contributed by atoms with E-state index < -0.39 is 10.0 Å². The lowest BCUT2D eigenvalue weighted by molar-refractivity contribution is 0.305. The molecule has 4 rings (SSSR count). The third kappa shape index (κ3) is 4.42. The molecule has 0 N–H and O–H groups in total. The molecular formula is C22H23FN4O2S2. The Labute approximate surface area is 185 Å². The Hall–Kier alpha value is -2.54. The Morgan fingerprint density at radius 2 is 2.13 bits per heavy atom. The van der Waals surface area contributed by atoms with Crippen molar-refractivity contribution in [1.82, 2.24) is 9.29 Å². The van der Waals surface area contributed by atoms with E-state index in [1.165, 1.54) is 27.8 Å². The first-order valence-corrected chi connectivity index (χ1v) is 12.3. The molecule has 0 aliphatic carbocycles. The van der Waals surface area contributed by atoms with Crippen molar-refractivity contribution in [3.63, 3.8) is 0 Å². The number of hydrogen-bond donors (Lipinski definition) is 0. The van der Waals surface area contributed by atoms with Crippen LogP contribution in [0.4, 0.5) is 9.52 Å². The highest BCUT2D eigenvalue weighted by molar-refractivity contribution is 7.89. The van der Waals surface area contributed by atoms with Crippen LogP contribution in [0, 0.1) is 30.0 Å². The van der Waals surface area contributed by atoms with Crippen molar-refractivity contribution in [2.45, 2.75) is 31.2 Å². The molecule has 0 radical (unpaired) electrons. The molecule has 0 spiro atoms. The number of benzene rings is 2. The van der Waals surface area contributed by atoms with Gasteiger partial charge in [-0.25, -0.2) is 17.8 Å². The summed E-state index contributed by atoms with van der Waals surface area (Å²) < 4.78 is 41.8. The van der Waals surface area contributed by atoms with Crippen molar-refractivity contribution in [3.05, 3.63) is 53.3 Å². The van der Waals surface area contributed by atoms with Crippen LogP contribution in [0.3, 0.4) is 0 Å². The first kappa shape index (κ1) is 21.7. The van der Waals surface area contributed by atoms with Gasteiger partial charge in [-0.15, -0.1) is 0 Å². The van der Waals surface area contributed by atoms with E-state index in [1.54, 1.807) is 24.3 Å². The molecule has 0 bridgehead atoms. The first-order chi connectivity index (χ1) is 14.8. The molecule has 3 aromatic rings. The van der Waals surface area contributed by atoms with Crippen LogP contribution in [0.1, 0.15) is 24.0 Å². The van der Waals surface area contributed by atoms with Gasteiger partial charge >= 0.3 is 0 Å². The van der Waals surface area contributed by atoms with Crippen LogP contribution in [0.15, 0.2) is 41.3 Å². The fourth-order valence-electron chi connectivity index (χ4n) is 3.79. The zero-order valence-electron chi connectivity index (χ0n) is 17.4. The highest BCUT2D eigenvalue weighted by Crippen LogP contribution is 2.32. The summed E-state index contributed by atoms with van der Waals surface area (Å²) in [6.45, 7) is 3.12. The third-order valence-corrected chi connectivity index (χ3v) is 8.59. The zero-order chi connectivity index (χ0) is 22.2. The summed E-state index contributed by atoms with van der Waals surface area (Å²) in [4.78, 5) is 6.84. The fraction of sp³-hybridized carbons (Fsp3) is 0.364. The monoisotopic (exact) mass is 458 g/mol. The second kappa shape index (κ2) is 8.54. The molecule has 0 saturated carbocycles. The van der Waals surface area contributed by atoms with E-state index >= 15 is 0 Å². The minimum absolute atomic E-state index is 0.228. The summed E-state index contributed by atoms with van der Waals surface area (Å²) in [6, 6.07) is 11.9. The zero-order valence-corrected chi connectivity index (χ0v) is 19.0. The van der Waals surface area contributed by atoms with E-state index in [-0.39, 0.29) is 23.2 Å². The predicted octanol–water partition coefficient (Wildman–Crippen LogP) is 4.30. The summed E-state index contributed by atoms with van der Waals surface area (Å²) in [6.07, 6.45) is 1.43. The summed E-state index contributed by atoms with van der Waals surface area (Å²) in [7, 11) is -1.74. The molecule has 2 heterocycles. The number of anilines is 1. The topological polar surface area (TPSA) is 77.3 Å². The van der Waals surface area contributed by atoms with E-state index in [1.807, 2.05) is 18.9 Å². The molecule has 6 nitrogen and oxygen atoms in total. The van der Waals surface area contributed by atoms with Gasteiger partial charge in [-0.1, -0.05) is 17.4 Å². The highest BCUT2D eigenvalue weighted by Gasteiger charge is 2.30. The number of sulfonamides is 1. The van der Waals surface area contributed by atoms with Crippen molar-refractivity contribution in [3.8, 4) is 6.07 Å². The molecular weight excluding hydrogens is 435 g/mol. The second-order valence-corrected chi connectivity index (χ2v) is 10.8. The second-order valence-electron chi connectivity index (χ2n) is 7.88. The van der Waals surface area contributed by atoms with Gasteiger partial charge in [0.1, 0.15) is 5.82 Å². The van der Waals surface area contributed by atoms with E-state index in [9.17, 15) is 18.1 Å². The van der Waals surface area contributed by atoms with Crippen molar-refractivity contribution in [1.29, 1.82) is 5.26 Å². The highest BCUT2D eigenvalue weighted by atomic mass is 32.2. The third-order valence-electron chi connectivity index (χ3n) is 5.59. The van der Waals surface area contributed by atoms with Gasteiger partial charge < -0.3 is 4.90 Å². The summed E-state index contributed by atoms with van der Waals surface area (Å²) >= 11 is 1.42. The molecule has 1 aromatic heterocycles. The molecule has 1 saturated heterocycles. The molecule has 1 atom stereocenters. The largest absolute Gasteiger partial charge is 0.347 e. The first-order valence-electron chi connectivity index (χ1n) is 10.0. The summed E-state index contributed by atoms with van der Waals surface area (Å²) in [5.74, 6) is -0.516. The van der Waals surface area contributed by atoms with Gasteiger partial charge in [-0.3, -0.25) is 0 Å². The van der Waals surface area contributed by atoms with Crippen molar-refractivity contribution in [2.75, 3.05) is 25.0 Å². The van der Waals surface area contributed by atoms with Crippen LogP contribution in [-0.2, 0) is 16.6 Å². The molecule has 0 amide bonds. The number of halogens is 1.